The molecule has 0 bridgehead atoms. The van der Waals surface area contributed by atoms with Crippen LogP contribution in [-0.4, -0.2) is 22.0 Å². The van der Waals surface area contributed by atoms with Crippen molar-refractivity contribution in [2.24, 2.45) is 11.8 Å². The first-order chi connectivity index (χ1) is 8.08. The Morgan fingerprint density at radius 2 is 2.24 bits per heavy atom. The minimum atomic E-state index is -0.870. The number of aromatic nitrogens is 1. The number of hydrogen-bond acceptors (Lipinski definition) is 4. The van der Waals surface area contributed by atoms with Gasteiger partial charge in [0.05, 0.1) is 23.4 Å². The summed E-state index contributed by atoms with van der Waals surface area (Å²) in [4.78, 5) is 27.6. The first kappa shape index (κ1) is 12.0. The number of carbonyl (C=O) groups excluding carboxylic acids is 1. The first-order valence-electron chi connectivity index (χ1n) is 5.49. The van der Waals surface area contributed by atoms with Crippen molar-refractivity contribution in [3.63, 3.8) is 0 Å². The van der Waals surface area contributed by atoms with Gasteiger partial charge >= 0.3 is 5.97 Å². The molecule has 1 amide bonds. The van der Waals surface area contributed by atoms with Crippen LogP contribution in [0.1, 0.15) is 22.7 Å². The van der Waals surface area contributed by atoms with Crippen molar-refractivity contribution >= 4 is 23.2 Å². The van der Waals surface area contributed by atoms with Gasteiger partial charge in [-0.3, -0.25) is 9.59 Å². The lowest BCUT2D eigenvalue weighted by molar-refractivity contribution is -0.152. The highest BCUT2D eigenvalue weighted by molar-refractivity contribution is 7.11. The van der Waals surface area contributed by atoms with Crippen LogP contribution in [0.25, 0.3) is 0 Å². The number of rotatable bonds is 4. The average molecular weight is 254 g/mol. The monoisotopic (exact) mass is 254 g/mol. The molecule has 1 fully saturated rings. The molecule has 0 spiro atoms. The van der Waals surface area contributed by atoms with E-state index in [0.29, 0.717) is 19.4 Å². The number of hydrogen-bond donors (Lipinski definition) is 2. The van der Waals surface area contributed by atoms with Gasteiger partial charge in [0.2, 0.25) is 5.91 Å². The molecular weight excluding hydrogens is 240 g/mol. The third-order valence-corrected chi connectivity index (χ3v) is 3.95. The fourth-order valence-corrected chi connectivity index (χ4v) is 2.64. The van der Waals surface area contributed by atoms with Gasteiger partial charge < -0.3 is 10.4 Å². The summed E-state index contributed by atoms with van der Waals surface area (Å²) in [6.45, 7) is 2.34. The Hall–Kier alpha value is -1.43. The van der Waals surface area contributed by atoms with Gasteiger partial charge in [-0.1, -0.05) is 0 Å². The van der Waals surface area contributed by atoms with Gasteiger partial charge in [-0.15, -0.1) is 11.3 Å². The molecule has 1 aliphatic rings. The van der Waals surface area contributed by atoms with E-state index in [9.17, 15) is 9.59 Å². The van der Waals surface area contributed by atoms with Crippen molar-refractivity contribution < 1.29 is 14.7 Å². The van der Waals surface area contributed by atoms with Crippen molar-refractivity contribution in [2.75, 3.05) is 0 Å². The zero-order chi connectivity index (χ0) is 12.4. The number of nitrogens with zero attached hydrogens (tertiary/aromatic N) is 1. The van der Waals surface area contributed by atoms with E-state index in [1.807, 2.05) is 6.92 Å². The van der Waals surface area contributed by atoms with Crippen molar-refractivity contribution in [1.29, 1.82) is 0 Å². The molecule has 0 saturated heterocycles. The number of thiazole rings is 1. The molecule has 2 atom stereocenters. The minimum Gasteiger partial charge on any atom is -0.481 e. The maximum absolute atomic E-state index is 11.7. The molecular formula is C11H14N2O3S. The standard InChI is InChI=1S/C11H14N2O3S/c1-6-12-4-7(17-6)5-13-10(14)8-2-3-9(8)11(15)16/h4,8-9H,2-3,5H2,1H3,(H,13,14)(H,15,16). The van der Waals surface area contributed by atoms with Crippen molar-refractivity contribution in [1.82, 2.24) is 10.3 Å². The molecule has 1 aromatic heterocycles. The topological polar surface area (TPSA) is 79.3 Å². The first-order valence-corrected chi connectivity index (χ1v) is 6.31. The van der Waals surface area contributed by atoms with Gasteiger partial charge in [0.1, 0.15) is 0 Å². The van der Waals surface area contributed by atoms with E-state index in [-0.39, 0.29) is 11.8 Å². The van der Waals surface area contributed by atoms with Gasteiger partial charge in [0.25, 0.3) is 0 Å². The smallest absolute Gasteiger partial charge is 0.307 e. The zero-order valence-corrected chi connectivity index (χ0v) is 10.3. The van der Waals surface area contributed by atoms with E-state index in [1.54, 1.807) is 6.20 Å². The summed E-state index contributed by atoms with van der Waals surface area (Å²) in [6, 6.07) is 0. The third kappa shape index (κ3) is 2.63. The highest BCUT2D eigenvalue weighted by Crippen LogP contribution is 2.34. The van der Waals surface area contributed by atoms with Crippen molar-refractivity contribution in [3.8, 4) is 0 Å². The van der Waals surface area contributed by atoms with Crippen LogP contribution in [0.15, 0.2) is 6.20 Å². The molecule has 2 rings (SSSR count). The number of aliphatic carboxylic acids is 1. The van der Waals surface area contributed by atoms with E-state index in [4.69, 9.17) is 5.11 Å². The van der Waals surface area contributed by atoms with Crippen LogP contribution >= 0.6 is 11.3 Å². The number of amides is 1. The summed E-state index contributed by atoms with van der Waals surface area (Å²) >= 11 is 1.53. The number of carbonyl (C=O) groups is 2. The van der Waals surface area contributed by atoms with E-state index in [0.717, 1.165) is 9.88 Å². The summed E-state index contributed by atoms with van der Waals surface area (Å²) in [5, 5.41) is 12.6. The Morgan fingerprint density at radius 1 is 1.53 bits per heavy atom. The van der Waals surface area contributed by atoms with Crippen LogP contribution in [-0.2, 0) is 16.1 Å². The van der Waals surface area contributed by atoms with Crippen LogP contribution < -0.4 is 5.32 Å². The lowest BCUT2D eigenvalue weighted by Crippen LogP contribution is -2.43. The molecule has 0 aromatic carbocycles. The van der Waals surface area contributed by atoms with Gasteiger partial charge in [-0.25, -0.2) is 4.98 Å². The molecule has 5 nitrogen and oxygen atoms in total. The van der Waals surface area contributed by atoms with Crippen LogP contribution in [0.3, 0.4) is 0 Å². The number of aryl methyl sites for hydroxylation is 1. The third-order valence-electron chi connectivity index (χ3n) is 3.03. The van der Waals surface area contributed by atoms with Gasteiger partial charge in [-0.2, -0.15) is 0 Å². The number of nitrogens with one attached hydrogen (secondary N) is 1. The van der Waals surface area contributed by atoms with E-state index < -0.39 is 11.9 Å². The van der Waals surface area contributed by atoms with Crippen LogP contribution in [0.4, 0.5) is 0 Å². The molecule has 6 heteroatoms. The highest BCUT2D eigenvalue weighted by Gasteiger charge is 2.41. The summed E-state index contributed by atoms with van der Waals surface area (Å²) in [6.07, 6.45) is 3.01. The Morgan fingerprint density at radius 3 is 2.71 bits per heavy atom. The van der Waals surface area contributed by atoms with Crippen LogP contribution in [0.2, 0.25) is 0 Å². The molecule has 17 heavy (non-hydrogen) atoms. The number of carboxylic acid groups (broad SMARTS) is 1. The van der Waals surface area contributed by atoms with E-state index in [2.05, 4.69) is 10.3 Å². The lowest BCUT2D eigenvalue weighted by Gasteiger charge is -2.31. The summed E-state index contributed by atoms with van der Waals surface area (Å²) in [5.41, 5.74) is 0. The average Bonchev–Trinajstić information content (AvgIpc) is 2.58. The normalized spacial score (nSPS) is 22.9. The van der Waals surface area contributed by atoms with Gasteiger partial charge in [0, 0.05) is 11.1 Å². The van der Waals surface area contributed by atoms with Crippen molar-refractivity contribution in [3.05, 3.63) is 16.1 Å². The maximum atomic E-state index is 11.7. The molecule has 1 aromatic rings. The van der Waals surface area contributed by atoms with E-state index in [1.165, 1.54) is 11.3 Å². The molecule has 2 N–H and O–H groups in total. The maximum Gasteiger partial charge on any atom is 0.307 e. The molecule has 1 saturated carbocycles. The Labute approximate surface area is 103 Å². The molecule has 1 heterocycles. The highest BCUT2D eigenvalue weighted by atomic mass is 32.1. The predicted molar refractivity (Wildman–Crippen MR) is 62.5 cm³/mol. The molecule has 0 aliphatic heterocycles. The molecule has 2 unspecified atom stereocenters. The Balaban J connectivity index is 1.84. The minimum absolute atomic E-state index is 0.158. The fraction of sp³-hybridized carbons (Fsp3) is 0.545. The Kier molecular flexibility index (Phi) is 3.42. The number of carboxylic acids is 1. The van der Waals surface area contributed by atoms with E-state index >= 15 is 0 Å². The lowest BCUT2D eigenvalue weighted by atomic mass is 9.73. The SMILES string of the molecule is Cc1ncc(CNC(=O)C2CCC2C(=O)O)s1. The van der Waals surface area contributed by atoms with Gasteiger partial charge in [-0.05, 0) is 19.8 Å². The second-order valence-electron chi connectivity index (χ2n) is 4.19. The Bertz CT molecular complexity index is 444. The predicted octanol–water partition coefficient (Wildman–Crippen LogP) is 1.18. The summed E-state index contributed by atoms with van der Waals surface area (Å²) < 4.78 is 0. The summed E-state index contributed by atoms with van der Waals surface area (Å²) in [5.74, 6) is -1.89. The molecule has 0 radical (unpaired) electrons. The second kappa shape index (κ2) is 4.83. The second-order valence-corrected chi connectivity index (χ2v) is 5.51. The molecule has 1 aliphatic carbocycles. The van der Waals surface area contributed by atoms with Gasteiger partial charge in [0.15, 0.2) is 0 Å². The largest absolute Gasteiger partial charge is 0.481 e. The van der Waals surface area contributed by atoms with Crippen LogP contribution in [0.5, 0.6) is 0 Å². The van der Waals surface area contributed by atoms with Crippen LogP contribution in [0, 0.1) is 18.8 Å². The quantitative estimate of drug-likeness (QED) is 0.845. The molecule has 92 valence electrons. The zero-order valence-electron chi connectivity index (χ0n) is 9.47. The fourth-order valence-electron chi connectivity index (χ4n) is 1.90. The summed E-state index contributed by atoms with van der Waals surface area (Å²) in [7, 11) is 0. The van der Waals surface area contributed by atoms with Crippen molar-refractivity contribution in [2.45, 2.75) is 26.3 Å².